The van der Waals surface area contributed by atoms with E-state index in [9.17, 15) is 0 Å². The Morgan fingerprint density at radius 1 is 1.28 bits per heavy atom. The van der Waals surface area contributed by atoms with E-state index in [4.69, 9.17) is 33.7 Å². The lowest BCUT2D eigenvalue weighted by Crippen LogP contribution is -2.05. The molecule has 2 rings (SSSR count). The smallest absolute Gasteiger partial charge is 0.145 e. The minimum absolute atomic E-state index is 0.447. The number of nitrogens with zero attached hydrogens (tertiary/aromatic N) is 2. The molecule has 6 heteroatoms. The molecule has 0 saturated carbocycles. The van der Waals surface area contributed by atoms with E-state index in [1.807, 2.05) is 6.20 Å². The van der Waals surface area contributed by atoms with Gasteiger partial charge in [-0.2, -0.15) is 5.10 Å². The van der Waals surface area contributed by atoms with E-state index in [2.05, 4.69) is 5.10 Å². The van der Waals surface area contributed by atoms with E-state index in [0.717, 1.165) is 13.0 Å². The van der Waals surface area contributed by atoms with Gasteiger partial charge in [-0.15, -0.1) is 0 Å². The second-order valence-corrected chi connectivity index (χ2v) is 4.54. The number of anilines is 1. The first kappa shape index (κ1) is 13.1. The predicted octanol–water partition coefficient (Wildman–Crippen LogP) is 3.24. The molecule has 0 saturated heterocycles. The van der Waals surface area contributed by atoms with E-state index in [1.165, 1.54) is 0 Å². The van der Waals surface area contributed by atoms with Gasteiger partial charge in [0.1, 0.15) is 16.6 Å². The van der Waals surface area contributed by atoms with Crippen molar-refractivity contribution in [1.82, 2.24) is 9.78 Å². The summed E-state index contributed by atoms with van der Waals surface area (Å²) in [7, 11) is 0. The van der Waals surface area contributed by atoms with E-state index in [1.54, 1.807) is 28.9 Å². The Morgan fingerprint density at radius 3 is 2.83 bits per heavy atom. The summed E-state index contributed by atoms with van der Waals surface area (Å²) in [5.41, 5.74) is 5.52. The highest BCUT2D eigenvalue weighted by Crippen LogP contribution is 2.31. The fraction of sp³-hybridized carbons (Fsp3) is 0.250. The Bertz CT molecular complexity index is 528. The van der Waals surface area contributed by atoms with Crippen molar-refractivity contribution in [2.75, 3.05) is 12.3 Å². The highest BCUT2D eigenvalue weighted by atomic mass is 35.5. The summed E-state index contributed by atoms with van der Waals surface area (Å²) in [6.45, 7) is 1.29. The molecule has 0 amide bonds. The number of hydrogen-bond donors (Lipinski definition) is 1. The van der Waals surface area contributed by atoms with Gasteiger partial charge in [0.05, 0.1) is 11.6 Å². The molecule has 0 aliphatic rings. The fourth-order valence-corrected chi connectivity index (χ4v) is 1.85. The lowest BCUT2D eigenvalue weighted by Gasteiger charge is -2.08. The van der Waals surface area contributed by atoms with Gasteiger partial charge in [-0.25, -0.2) is 0 Å². The molecule has 0 unspecified atom stereocenters. The molecule has 0 aliphatic heterocycles. The highest BCUT2D eigenvalue weighted by Gasteiger charge is 2.04. The lowest BCUT2D eigenvalue weighted by molar-refractivity contribution is 0.299. The number of hydrogen-bond acceptors (Lipinski definition) is 3. The number of aromatic nitrogens is 2. The molecule has 0 fully saturated rings. The summed E-state index contributed by atoms with van der Waals surface area (Å²) in [4.78, 5) is 0. The van der Waals surface area contributed by atoms with Crippen molar-refractivity contribution in [3.63, 3.8) is 0 Å². The average Bonchev–Trinajstić information content (AvgIpc) is 2.76. The zero-order valence-electron chi connectivity index (χ0n) is 9.64. The Hall–Kier alpha value is -1.39. The monoisotopic (exact) mass is 285 g/mol. The molecule has 1 aromatic carbocycles. The molecule has 2 aromatic rings. The van der Waals surface area contributed by atoms with Gasteiger partial charge in [-0.3, -0.25) is 4.68 Å². The molecule has 18 heavy (non-hydrogen) atoms. The van der Waals surface area contributed by atoms with Gasteiger partial charge < -0.3 is 10.5 Å². The van der Waals surface area contributed by atoms with Crippen molar-refractivity contribution in [3.05, 3.63) is 40.5 Å². The standard InChI is InChI=1S/C12H13Cl2N3O/c13-9-3-1-4-10(12(9)14)18-8-2-6-17-7-5-11(15)16-17/h1,3-5,7H,2,6,8H2,(H2,15,16). The van der Waals surface area contributed by atoms with E-state index in [-0.39, 0.29) is 0 Å². The van der Waals surface area contributed by atoms with E-state index in [0.29, 0.717) is 28.2 Å². The van der Waals surface area contributed by atoms with Crippen LogP contribution < -0.4 is 10.5 Å². The van der Waals surface area contributed by atoms with Crippen LogP contribution in [0, 0.1) is 0 Å². The molecule has 0 bridgehead atoms. The van der Waals surface area contributed by atoms with Crippen molar-refractivity contribution < 1.29 is 4.74 Å². The first-order valence-electron chi connectivity index (χ1n) is 5.52. The Morgan fingerprint density at radius 2 is 2.11 bits per heavy atom. The maximum Gasteiger partial charge on any atom is 0.145 e. The quantitative estimate of drug-likeness (QED) is 0.858. The molecule has 2 N–H and O–H groups in total. The first-order valence-corrected chi connectivity index (χ1v) is 6.28. The van der Waals surface area contributed by atoms with Crippen LogP contribution in [0.3, 0.4) is 0 Å². The van der Waals surface area contributed by atoms with Crippen LogP contribution in [0.5, 0.6) is 5.75 Å². The third-order valence-electron chi connectivity index (χ3n) is 2.37. The molecule has 0 aliphatic carbocycles. The molecular formula is C12H13Cl2N3O. The molecular weight excluding hydrogens is 273 g/mol. The topological polar surface area (TPSA) is 53.1 Å². The van der Waals surface area contributed by atoms with Crippen LogP contribution in [0.15, 0.2) is 30.5 Å². The number of nitrogen functional groups attached to an aromatic ring is 1. The summed E-state index contributed by atoms with van der Waals surface area (Å²) in [5, 5.41) is 5.02. The van der Waals surface area contributed by atoms with Gasteiger partial charge in [0.25, 0.3) is 0 Å². The Kier molecular flexibility index (Phi) is 4.33. The van der Waals surface area contributed by atoms with Crippen molar-refractivity contribution in [2.45, 2.75) is 13.0 Å². The summed E-state index contributed by atoms with van der Waals surface area (Å²) in [6.07, 6.45) is 2.64. The summed E-state index contributed by atoms with van der Waals surface area (Å²) in [6, 6.07) is 7.08. The molecule has 1 heterocycles. The number of aryl methyl sites for hydroxylation is 1. The molecule has 96 valence electrons. The third-order valence-corrected chi connectivity index (χ3v) is 3.17. The SMILES string of the molecule is Nc1ccn(CCCOc2cccc(Cl)c2Cl)n1. The first-order chi connectivity index (χ1) is 8.66. The second kappa shape index (κ2) is 5.98. The van der Waals surface area contributed by atoms with Crippen molar-refractivity contribution in [2.24, 2.45) is 0 Å². The van der Waals surface area contributed by atoms with Crippen LogP contribution in [-0.2, 0) is 6.54 Å². The molecule has 4 nitrogen and oxygen atoms in total. The second-order valence-electron chi connectivity index (χ2n) is 3.76. The van der Waals surface area contributed by atoms with Crippen LogP contribution in [0.25, 0.3) is 0 Å². The maximum absolute atomic E-state index is 6.00. The lowest BCUT2D eigenvalue weighted by atomic mass is 10.3. The van der Waals surface area contributed by atoms with Gasteiger partial charge in [0.15, 0.2) is 0 Å². The number of benzene rings is 1. The highest BCUT2D eigenvalue weighted by molar-refractivity contribution is 6.42. The van der Waals surface area contributed by atoms with Crippen molar-refractivity contribution in [3.8, 4) is 5.75 Å². The maximum atomic E-state index is 6.00. The predicted molar refractivity (Wildman–Crippen MR) is 73.2 cm³/mol. The van der Waals surface area contributed by atoms with Crippen LogP contribution in [-0.4, -0.2) is 16.4 Å². The van der Waals surface area contributed by atoms with Gasteiger partial charge in [0.2, 0.25) is 0 Å². The molecule has 0 radical (unpaired) electrons. The van der Waals surface area contributed by atoms with Gasteiger partial charge >= 0.3 is 0 Å². The Balaban J connectivity index is 1.80. The fourth-order valence-electron chi connectivity index (χ4n) is 1.51. The number of ether oxygens (including phenoxy) is 1. The zero-order valence-corrected chi connectivity index (χ0v) is 11.2. The van der Waals surface area contributed by atoms with Crippen molar-refractivity contribution in [1.29, 1.82) is 0 Å². The molecule has 1 aromatic heterocycles. The van der Waals surface area contributed by atoms with Crippen LogP contribution >= 0.6 is 23.2 Å². The third kappa shape index (κ3) is 3.31. The summed E-state index contributed by atoms with van der Waals surface area (Å²) >= 11 is 11.9. The molecule has 0 spiro atoms. The minimum atomic E-state index is 0.447. The van der Waals surface area contributed by atoms with E-state index >= 15 is 0 Å². The van der Waals surface area contributed by atoms with Crippen LogP contribution in [0.1, 0.15) is 6.42 Å². The van der Waals surface area contributed by atoms with E-state index < -0.39 is 0 Å². The largest absolute Gasteiger partial charge is 0.492 e. The summed E-state index contributed by atoms with van der Waals surface area (Å²) in [5.74, 6) is 1.12. The molecule has 0 atom stereocenters. The minimum Gasteiger partial charge on any atom is -0.492 e. The van der Waals surface area contributed by atoms with Crippen molar-refractivity contribution >= 4 is 29.0 Å². The van der Waals surface area contributed by atoms with Crippen LogP contribution in [0.2, 0.25) is 10.0 Å². The van der Waals surface area contributed by atoms with Gasteiger partial charge in [-0.1, -0.05) is 29.3 Å². The average molecular weight is 286 g/mol. The zero-order chi connectivity index (χ0) is 13.0. The summed E-state index contributed by atoms with van der Waals surface area (Å²) < 4.78 is 7.33. The van der Waals surface area contributed by atoms with Crippen LogP contribution in [0.4, 0.5) is 5.82 Å². The number of rotatable bonds is 5. The number of halogens is 2. The number of nitrogens with two attached hydrogens (primary N) is 1. The Labute approximate surface area is 115 Å². The van der Waals surface area contributed by atoms with Gasteiger partial charge in [0, 0.05) is 19.2 Å². The van der Waals surface area contributed by atoms with Gasteiger partial charge in [-0.05, 0) is 18.2 Å². The normalized spacial score (nSPS) is 10.6.